The molecule has 0 unspecified atom stereocenters. The molecule has 1 N–H and O–H groups in total. The molecule has 148 valence electrons. The molecule has 0 amide bonds. The first kappa shape index (κ1) is 22.9. The van der Waals surface area contributed by atoms with Gasteiger partial charge in [-0.2, -0.15) is 0 Å². The van der Waals surface area contributed by atoms with Crippen molar-refractivity contribution in [1.82, 2.24) is 0 Å². The average molecular weight is 371 g/mol. The van der Waals surface area contributed by atoms with Crippen molar-refractivity contribution in [1.29, 1.82) is 0 Å². The zero-order chi connectivity index (χ0) is 19.7. The van der Waals surface area contributed by atoms with Crippen LogP contribution in [0, 0.1) is 11.8 Å². The molecule has 3 heteroatoms. The van der Waals surface area contributed by atoms with Crippen LogP contribution in [-0.4, -0.2) is 17.4 Å². The number of aliphatic carboxylic acids is 1. The summed E-state index contributed by atoms with van der Waals surface area (Å²) in [4.78, 5) is 21.2. The number of hydrogen-bond donors (Lipinski definition) is 1. The second-order valence-corrected chi connectivity index (χ2v) is 7.31. The molecule has 0 radical (unpaired) electrons. The normalized spacial score (nSPS) is 13.8. The Balaban J connectivity index is 2.38. The van der Waals surface area contributed by atoms with Gasteiger partial charge < -0.3 is 9.90 Å². The summed E-state index contributed by atoms with van der Waals surface area (Å²) in [6, 6.07) is 10.3. The molecular formula is C24H34O3. The van der Waals surface area contributed by atoms with Crippen molar-refractivity contribution < 1.29 is 14.7 Å². The highest BCUT2D eigenvalue weighted by atomic mass is 16.4. The Bertz CT molecular complexity index is 575. The summed E-state index contributed by atoms with van der Waals surface area (Å²) in [6.45, 7) is 1.98. The number of aldehydes is 1. The van der Waals surface area contributed by atoms with Crippen LogP contribution in [0.4, 0.5) is 0 Å². The van der Waals surface area contributed by atoms with E-state index < -0.39 is 5.97 Å². The summed E-state index contributed by atoms with van der Waals surface area (Å²) >= 11 is 0. The maximum Gasteiger partial charge on any atom is 0.327 e. The maximum atomic E-state index is 10.6. The van der Waals surface area contributed by atoms with Gasteiger partial charge >= 0.3 is 5.97 Å². The van der Waals surface area contributed by atoms with Crippen LogP contribution in [0.2, 0.25) is 0 Å². The first-order valence-electron chi connectivity index (χ1n) is 10.2. The molecule has 27 heavy (non-hydrogen) atoms. The predicted molar refractivity (Wildman–Crippen MR) is 113 cm³/mol. The number of benzene rings is 1. The summed E-state index contributed by atoms with van der Waals surface area (Å²) in [5.74, 6) is -0.165. The lowest BCUT2D eigenvalue weighted by Gasteiger charge is -2.12. The smallest absolute Gasteiger partial charge is 0.327 e. The molecule has 0 bridgehead atoms. The first-order valence-corrected chi connectivity index (χ1v) is 10.2. The number of carbonyl (C=O) groups is 2. The van der Waals surface area contributed by atoms with Crippen molar-refractivity contribution in [3.8, 4) is 0 Å². The van der Waals surface area contributed by atoms with Crippen LogP contribution in [0.15, 0.2) is 48.6 Å². The molecule has 0 saturated carbocycles. The van der Waals surface area contributed by atoms with E-state index in [1.54, 1.807) is 6.08 Å². The van der Waals surface area contributed by atoms with Gasteiger partial charge in [0.15, 0.2) is 0 Å². The zero-order valence-electron chi connectivity index (χ0n) is 16.6. The molecule has 0 aromatic heterocycles. The highest BCUT2D eigenvalue weighted by molar-refractivity contribution is 5.79. The van der Waals surface area contributed by atoms with E-state index in [0.717, 1.165) is 44.8 Å². The standard InChI is InChI=1S/C24H34O3/c1-21(20-25)12-6-2-3-7-13-22(16-10-5-11-17-24(26)27)18-19-23-14-8-4-9-15-23/h4,8-9,11,14-15,17-22H,2-3,5-7,10,12-13,16H2,1H3,(H,26,27)/t21-,22-/m0/s1. The summed E-state index contributed by atoms with van der Waals surface area (Å²) in [5, 5.41) is 8.65. The fraction of sp³-hybridized carbons (Fsp3) is 0.500. The predicted octanol–water partition coefficient (Wildman–Crippen LogP) is 6.30. The second-order valence-electron chi connectivity index (χ2n) is 7.31. The minimum atomic E-state index is -0.876. The molecule has 0 saturated heterocycles. The maximum absolute atomic E-state index is 10.6. The van der Waals surface area contributed by atoms with Crippen molar-refractivity contribution in [3.63, 3.8) is 0 Å². The minimum absolute atomic E-state index is 0.186. The van der Waals surface area contributed by atoms with Crippen LogP contribution in [0.1, 0.15) is 70.3 Å². The van der Waals surface area contributed by atoms with Crippen LogP contribution in [0.3, 0.4) is 0 Å². The van der Waals surface area contributed by atoms with Crippen molar-refractivity contribution in [2.75, 3.05) is 0 Å². The van der Waals surface area contributed by atoms with Crippen LogP contribution in [0.25, 0.3) is 6.08 Å². The third-order valence-corrected chi connectivity index (χ3v) is 4.78. The monoisotopic (exact) mass is 370 g/mol. The Morgan fingerprint density at radius 1 is 1.00 bits per heavy atom. The van der Waals surface area contributed by atoms with E-state index >= 15 is 0 Å². The van der Waals surface area contributed by atoms with Crippen molar-refractivity contribution >= 4 is 18.3 Å². The number of carboxylic acids is 1. The van der Waals surface area contributed by atoms with Gasteiger partial charge in [0.2, 0.25) is 0 Å². The van der Waals surface area contributed by atoms with Crippen LogP contribution >= 0.6 is 0 Å². The molecule has 0 aliphatic heterocycles. The summed E-state index contributed by atoms with van der Waals surface area (Å²) < 4.78 is 0. The summed E-state index contributed by atoms with van der Waals surface area (Å²) in [7, 11) is 0. The Morgan fingerprint density at radius 3 is 2.33 bits per heavy atom. The van der Waals surface area contributed by atoms with Gasteiger partial charge in [-0.05, 0) is 43.6 Å². The lowest BCUT2D eigenvalue weighted by molar-refractivity contribution is -0.131. The average Bonchev–Trinajstić information content (AvgIpc) is 2.68. The molecule has 1 aromatic carbocycles. The Kier molecular flexibility index (Phi) is 12.7. The fourth-order valence-corrected chi connectivity index (χ4v) is 3.12. The molecule has 0 fully saturated rings. The first-order chi connectivity index (χ1) is 13.1. The van der Waals surface area contributed by atoms with Crippen molar-refractivity contribution in [2.24, 2.45) is 11.8 Å². The lowest BCUT2D eigenvalue weighted by atomic mass is 9.93. The van der Waals surface area contributed by atoms with Gasteiger partial charge in [-0.15, -0.1) is 0 Å². The molecule has 2 atom stereocenters. The van der Waals surface area contributed by atoms with Crippen molar-refractivity contribution in [3.05, 3.63) is 54.1 Å². The number of hydrogen-bond acceptors (Lipinski definition) is 2. The van der Waals surface area contributed by atoms with Crippen molar-refractivity contribution in [2.45, 2.75) is 64.7 Å². The Hall–Kier alpha value is -2.16. The van der Waals surface area contributed by atoms with Crippen LogP contribution < -0.4 is 0 Å². The number of carbonyl (C=O) groups excluding carboxylic acids is 1. The van der Waals surface area contributed by atoms with E-state index in [2.05, 4.69) is 24.3 Å². The van der Waals surface area contributed by atoms with Gasteiger partial charge in [0.05, 0.1) is 0 Å². The Morgan fingerprint density at radius 2 is 1.67 bits per heavy atom. The van der Waals surface area contributed by atoms with E-state index in [1.165, 1.54) is 30.9 Å². The highest BCUT2D eigenvalue weighted by Gasteiger charge is 2.05. The minimum Gasteiger partial charge on any atom is -0.478 e. The molecule has 0 aliphatic rings. The van der Waals surface area contributed by atoms with Gasteiger partial charge in [-0.25, -0.2) is 4.79 Å². The molecule has 3 nitrogen and oxygen atoms in total. The number of carboxylic acid groups (broad SMARTS) is 1. The summed E-state index contributed by atoms with van der Waals surface area (Å²) in [5.41, 5.74) is 1.22. The molecule has 0 heterocycles. The SMILES string of the molecule is C[C@H](C=O)CCCCCC[C@H](C=Cc1ccccc1)CCCC=CC(=O)O. The van der Waals surface area contributed by atoms with Gasteiger partial charge in [0.25, 0.3) is 0 Å². The summed E-state index contributed by atoms with van der Waals surface area (Å²) in [6.07, 6.45) is 18.3. The van der Waals surface area contributed by atoms with Crippen LogP contribution in [0.5, 0.6) is 0 Å². The van der Waals surface area contributed by atoms with E-state index in [-0.39, 0.29) is 5.92 Å². The fourth-order valence-electron chi connectivity index (χ4n) is 3.12. The molecule has 0 spiro atoms. The van der Waals surface area contributed by atoms with E-state index in [9.17, 15) is 9.59 Å². The lowest BCUT2D eigenvalue weighted by Crippen LogP contribution is -1.98. The number of unbranched alkanes of at least 4 members (excludes halogenated alkanes) is 4. The largest absolute Gasteiger partial charge is 0.478 e. The Labute approximate surface area is 164 Å². The van der Waals surface area contributed by atoms with Gasteiger partial charge in [-0.1, -0.05) is 81.2 Å². The highest BCUT2D eigenvalue weighted by Crippen LogP contribution is 2.21. The number of allylic oxidation sites excluding steroid dienone is 2. The van der Waals surface area contributed by atoms with E-state index in [4.69, 9.17) is 5.11 Å². The van der Waals surface area contributed by atoms with E-state index in [1.807, 2.05) is 25.1 Å². The zero-order valence-corrected chi connectivity index (χ0v) is 16.6. The van der Waals surface area contributed by atoms with Gasteiger partial charge in [-0.3, -0.25) is 0 Å². The van der Waals surface area contributed by atoms with Gasteiger partial charge in [0.1, 0.15) is 6.29 Å². The van der Waals surface area contributed by atoms with Crippen LogP contribution in [-0.2, 0) is 9.59 Å². The molecular weight excluding hydrogens is 336 g/mol. The topological polar surface area (TPSA) is 54.4 Å². The molecule has 1 aromatic rings. The number of rotatable bonds is 15. The quantitative estimate of drug-likeness (QED) is 0.224. The van der Waals surface area contributed by atoms with E-state index in [0.29, 0.717) is 5.92 Å². The molecule has 1 rings (SSSR count). The molecule has 0 aliphatic carbocycles. The van der Waals surface area contributed by atoms with Gasteiger partial charge in [0, 0.05) is 12.0 Å². The second kappa shape index (κ2) is 15.0. The third kappa shape index (κ3) is 12.8. The third-order valence-electron chi connectivity index (χ3n) is 4.78.